The van der Waals surface area contributed by atoms with E-state index in [-0.39, 0.29) is 5.92 Å². The second kappa shape index (κ2) is 9.56. The molecule has 2 fully saturated rings. The fourth-order valence-electron chi connectivity index (χ4n) is 3.82. The molecule has 2 aliphatic rings. The molecule has 138 valence electrons. The number of carbonyl (C=O) groups is 1. The smallest absolute Gasteiger partial charge is 0.225 e. The van der Waals surface area contributed by atoms with Crippen LogP contribution in [0.3, 0.4) is 0 Å². The van der Waals surface area contributed by atoms with Gasteiger partial charge in [0, 0.05) is 43.7 Å². The highest BCUT2D eigenvalue weighted by atomic mass is 35.5. The van der Waals surface area contributed by atoms with Gasteiger partial charge >= 0.3 is 0 Å². The molecule has 1 heterocycles. The molecule has 1 aromatic rings. The molecule has 1 aromatic carbocycles. The molecule has 0 bridgehead atoms. The van der Waals surface area contributed by atoms with Crippen LogP contribution in [0, 0.1) is 5.92 Å². The number of morpholine rings is 1. The first-order valence-electron chi connectivity index (χ1n) is 9.56. The lowest BCUT2D eigenvalue weighted by molar-refractivity contribution is -0.136. The SMILES string of the molecule is O=C(C1CCCC1)N(CCCN1CCOCC1)Cc1ccc(Cl)cc1. The van der Waals surface area contributed by atoms with Gasteiger partial charge in [0.2, 0.25) is 5.91 Å². The molecule has 1 aliphatic carbocycles. The third-order valence-corrected chi connectivity index (χ3v) is 5.56. The Kier molecular flexibility index (Phi) is 7.14. The van der Waals surface area contributed by atoms with Crippen LogP contribution in [0.2, 0.25) is 5.02 Å². The fourth-order valence-corrected chi connectivity index (χ4v) is 3.94. The van der Waals surface area contributed by atoms with E-state index in [1.165, 1.54) is 12.8 Å². The second-order valence-corrected chi connectivity index (χ2v) is 7.61. The Hall–Kier alpha value is -1.10. The van der Waals surface area contributed by atoms with Gasteiger partial charge in [0.15, 0.2) is 0 Å². The summed E-state index contributed by atoms with van der Waals surface area (Å²) in [6.45, 7) is 6.23. The molecule has 1 aliphatic heterocycles. The van der Waals surface area contributed by atoms with Gasteiger partial charge in [-0.05, 0) is 37.0 Å². The second-order valence-electron chi connectivity index (χ2n) is 7.18. The Morgan fingerprint density at radius 3 is 2.52 bits per heavy atom. The summed E-state index contributed by atoms with van der Waals surface area (Å²) in [4.78, 5) is 17.5. The lowest BCUT2D eigenvalue weighted by Crippen LogP contribution is -2.40. The van der Waals surface area contributed by atoms with Crippen molar-refractivity contribution >= 4 is 17.5 Å². The predicted octanol–water partition coefficient (Wildman–Crippen LogP) is 3.58. The number of benzene rings is 1. The Bertz CT molecular complexity index is 537. The lowest BCUT2D eigenvalue weighted by atomic mass is 10.1. The van der Waals surface area contributed by atoms with Crippen molar-refractivity contribution in [3.05, 3.63) is 34.9 Å². The van der Waals surface area contributed by atoms with E-state index in [0.29, 0.717) is 12.5 Å². The summed E-state index contributed by atoms with van der Waals surface area (Å²) in [6.07, 6.45) is 5.52. The van der Waals surface area contributed by atoms with Crippen molar-refractivity contribution in [1.29, 1.82) is 0 Å². The number of hydrogen-bond acceptors (Lipinski definition) is 3. The van der Waals surface area contributed by atoms with Gasteiger partial charge in [0.25, 0.3) is 0 Å². The number of nitrogens with zero attached hydrogens (tertiary/aromatic N) is 2. The molecule has 0 N–H and O–H groups in total. The van der Waals surface area contributed by atoms with Crippen molar-refractivity contribution in [2.75, 3.05) is 39.4 Å². The van der Waals surface area contributed by atoms with Gasteiger partial charge in [-0.3, -0.25) is 9.69 Å². The Balaban J connectivity index is 1.56. The van der Waals surface area contributed by atoms with Crippen molar-refractivity contribution in [1.82, 2.24) is 9.80 Å². The molecule has 0 unspecified atom stereocenters. The van der Waals surface area contributed by atoms with Crippen LogP contribution in [0.25, 0.3) is 0 Å². The molecule has 0 radical (unpaired) electrons. The van der Waals surface area contributed by atoms with Crippen molar-refractivity contribution in [3.8, 4) is 0 Å². The van der Waals surface area contributed by atoms with Crippen LogP contribution >= 0.6 is 11.6 Å². The van der Waals surface area contributed by atoms with Gasteiger partial charge in [0.05, 0.1) is 13.2 Å². The minimum Gasteiger partial charge on any atom is -0.379 e. The molecule has 3 rings (SSSR count). The number of ether oxygens (including phenoxy) is 1. The van der Waals surface area contributed by atoms with Crippen LogP contribution in [0.4, 0.5) is 0 Å². The summed E-state index contributed by atoms with van der Waals surface area (Å²) in [6, 6.07) is 7.87. The molecule has 25 heavy (non-hydrogen) atoms. The van der Waals surface area contributed by atoms with E-state index in [0.717, 1.165) is 69.2 Å². The molecule has 1 saturated heterocycles. The van der Waals surface area contributed by atoms with Gasteiger partial charge in [0.1, 0.15) is 0 Å². The first kappa shape index (κ1) is 18.7. The average Bonchev–Trinajstić information content (AvgIpc) is 3.17. The number of halogens is 1. The summed E-state index contributed by atoms with van der Waals surface area (Å²) in [7, 11) is 0. The maximum absolute atomic E-state index is 13.0. The van der Waals surface area contributed by atoms with E-state index in [1.54, 1.807) is 0 Å². The predicted molar refractivity (Wildman–Crippen MR) is 101 cm³/mol. The average molecular weight is 365 g/mol. The minimum absolute atomic E-state index is 0.232. The zero-order chi connectivity index (χ0) is 17.5. The third-order valence-electron chi connectivity index (χ3n) is 5.31. The minimum atomic E-state index is 0.232. The van der Waals surface area contributed by atoms with Gasteiger partial charge < -0.3 is 9.64 Å². The van der Waals surface area contributed by atoms with Crippen molar-refractivity contribution in [3.63, 3.8) is 0 Å². The van der Waals surface area contributed by atoms with Crippen LogP contribution in [-0.2, 0) is 16.1 Å². The molecular weight excluding hydrogens is 336 g/mol. The zero-order valence-corrected chi connectivity index (χ0v) is 15.7. The number of carbonyl (C=O) groups excluding carboxylic acids is 1. The van der Waals surface area contributed by atoms with E-state index in [2.05, 4.69) is 9.80 Å². The van der Waals surface area contributed by atoms with Gasteiger partial charge in [-0.15, -0.1) is 0 Å². The van der Waals surface area contributed by atoms with E-state index < -0.39 is 0 Å². The summed E-state index contributed by atoms with van der Waals surface area (Å²) in [5, 5.41) is 0.740. The normalized spacial score (nSPS) is 19.2. The highest BCUT2D eigenvalue weighted by Gasteiger charge is 2.27. The van der Waals surface area contributed by atoms with Crippen LogP contribution in [-0.4, -0.2) is 55.1 Å². The Labute approximate surface area is 156 Å². The van der Waals surface area contributed by atoms with Crippen molar-refractivity contribution in [2.45, 2.75) is 38.6 Å². The van der Waals surface area contributed by atoms with E-state index in [1.807, 2.05) is 24.3 Å². The maximum atomic E-state index is 13.0. The summed E-state index contributed by atoms with van der Waals surface area (Å²) < 4.78 is 5.40. The Morgan fingerprint density at radius 1 is 1.16 bits per heavy atom. The van der Waals surface area contributed by atoms with E-state index in [4.69, 9.17) is 16.3 Å². The lowest BCUT2D eigenvalue weighted by Gasteiger charge is -2.29. The molecule has 1 saturated carbocycles. The highest BCUT2D eigenvalue weighted by molar-refractivity contribution is 6.30. The van der Waals surface area contributed by atoms with E-state index in [9.17, 15) is 4.79 Å². The molecule has 5 heteroatoms. The largest absolute Gasteiger partial charge is 0.379 e. The third kappa shape index (κ3) is 5.70. The molecule has 1 amide bonds. The first-order valence-corrected chi connectivity index (χ1v) is 9.93. The fraction of sp³-hybridized carbons (Fsp3) is 0.650. The maximum Gasteiger partial charge on any atom is 0.225 e. The van der Waals surface area contributed by atoms with Crippen LogP contribution < -0.4 is 0 Å². The van der Waals surface area contributed by atoms with Gasteiger partial charge in [-0.2, -0.15) is 0 Å². The molecular formula is C20H29ClN2O2. The van der Waals surface area contributed by atoms with E-state index >= 15 is 0 Å². The quantitative estimate of drug-likeness (QED) is 0.741. The summed E-state index contributed by atoms with van der Waals surface area (Å²) in [5.74, 6) is 0.574. The number of rotatable bonds is 7. The van der Waals surface area contributed by atoms with Gasteiger partial charge in [-0.25, -0.2) is 0 Å². The number of amides is 1. The van der Waals surface area contributed by atoms with Gasteiger partial charge in [-0.1, -0.05) is 36.6 Å². The molecule has 0 aromatic heterocycles. The van der Waals surface area contributed by atoms with Crippen molar-refractivity contribution < 1.29 is 9.53 Å². The highest BCUT2D eigenvalue weighted by Crippen LogP contribution is 2.27. The van der Waals surface area contributed by atoms with Crippen LogP contribution in [0.5, 0.6) is 0 Å². The first-order chi connectivity index (χ1) is 12.2. The topological polar surface area (TPSA) is 32.8 Å². The van der Waals surface area contributed by atoms with Crippen LogP contribution in [0.15, 0.2) is 24.3 Å². The van der Waals surface area contributed by atoms with Crippen LogP contribution in [0.1, 0.15) is 37.7 Å². The molecule has 0 spiro atoms. The molecule has 4 nitrogen and oxygen atoms in total. The standard InChI is InChI=1S/C20H29ClN2O2/c21-19-8-6-17(7-9-19)16-23(20(24)18-4-1-2-5-18)11-3-10-22-12-14-25-15-13-22/h6-9,18H,1-5,10-16H2. The monoisotopic (exact) mass is 364 g/mol. The summed E-state index contributed by atoms with van der Waals surface area (Å²) >= 11 is 5.99. The summed E-state index contributed by atoms with van der Waals surface area (Å²) in [5.41, 5.74) is 1.15. The number of hydrogen-bond donors (Lipinski definition) is 0. The molecule has 0 atom stereocenters. The van der Waals surface area contributed by atoms with Crippen molar-refractivity contribution in [2.24, 2.45) is 5.92 Å². The Morgan fingerprint density at radius 2 is 1.84 bits per heavy atom. The zero-order valence-electron chi connectivity index (χ0n) is 15.0.